The molecule has 2 heterocycles. The van der Waals surface area contributed by atoms with E-state index in [9.17, 15) is 14.9 Å². The van der Waals surface area contributed by atoms with Gasteiger partial charge >= 0.3 is 5.69 Å². The Labute approximate surface area is 178 Å². The number of rotatable bonds is 7. The molecule has 0 atom stereocenters. The summed E-state index contributed by atoms with van der Waals surface area (Å²) < 4.78 is 5.36. The van der Waals surface area contributed by atoms with Crippen molar-refractivity contribution in [2.75, 3.05) is 23.5 Å². The lowest BCUT2D eigenvalue weighted by Gasteiger charge is -2.30. The van der Waals surface area contributed by atoms with Crippen molar-refractivity contribution in [2.24, 2.45) is 0 Å². The molecule has 0 saturated carbocycles. The molecule has 0 bridgehead atoms. The van der Waals surface area contributed by atoms with Gasteiger partial charge < -0.3 is 9.64 Å². The van der Waals surface area contributed by atoms with Gasteiger partial charge in [-0.15, -0.1) is 0 Å². The molecule has 2 aromatic carbocycles. The number of ether oxygens (including phenoxy) is 1. The van der Waals surface area contributed by atoms with Gasteiger partial charge in [-0.1, -0.05) is 36.4 Å². The molecule has 3 aromatic rings. The lowest BCUT2D eigenvalue weighted by molar-refractivity contribution is -0.383. The Morgan fingerprint density at radius 3 is 2.71 bits per heavy atom. The lowest BCUT2D eigenvalue weighted by atomic mass is 10.0. The summed E-state index contributed by atoms with van der Waals surface area (Å²) in [5.74, 6) is 0.0916. The zero-order valence-corrected chi connectivity index (χ0v) is 16.5. The van der Waals surface area contributed by atoms with Crippen LogP contribution in [0.15, 0.2) is 60.9 Å². The number of fused-ring (bicyclic) bond motifs is 1. The number of para-hydroxylation sites is 2. The third-order valence-electron chi connectivity index (χ3n) is 4.78. The maximum atomic E-state index is 12.1. The number of nitrogens with one attached hydrogen (secondary N) is 2. The Kier molecular flexibility index (Phi) is 5.88. The molecule has 0 radical (unpaired) electrons. The second kappa shape index (κ2) is 9.08. The Hall–Kier alpha value is -4.21. The van der Waals surface area contributed by atoms with Gasteiger partial charge in [0.25, 0.3) is 5.91 Å². The van der Waals surface area contributed by atoms with Gasteiger partial charge in [-0.3, -0.25) is 25.8 Å². The Morgan fingerprint density at radius 1 is 1.13 bits per heavy atom. The maximum absolute atomic E-state index is 12.1. The molecule has 1 aliphatic rings. The summed E-state index contributed by atoms with van der Waals surface area (Å²) in [6.07, 6.45) is 2.97. The molecule has 4 rings (SSSR count). The van der Waals surface area contributed by atoms with E-state index in [1.165, 1.54) is 6.33 Å². The number of nitrogens with zero attached hydrogens (tertiary/aromatic N) is 4. The second-order valence-electron chi connectivity index (χ2n) is 6.81. The number of hydrazine groups is 1. The van der Waals surface area contributed by atoms with E-state index in [0.29, 0.717) is 12.3 Å². The summed E-state index contributed by atoms with van der Waals surface area (Å²) in [6.45, 7) is 0.327. The minimum Gasteiger partial charge on any atom is -0.484 e. The molecule has 10 heteroatoms. The van der Waals surface area contributed by atoms with E-state index in [4.69, 9.17) is 4.74 Å². The average Bonchev–Trinajstić information content (AvgIpc) is 2.81. The number of hydrogen-bond donors (Lipinski definition) is 2. The molecule has 0 fully saturated rings. The molecule has 158 valence electrons. The van der Waals surface area contributed by atoms with Crippen LogP contribution in [0.5, 0.6) is 5.75 Å². The number of aromatic nitrogens is 2. The van der Waals surface area contributed by atoms with Crippen LogP contribution in [0, 0.1) is 10.1 Å². The van der Waals surface area contributed by atoms with E-state index in [1.54, 1.807) is 24.3 Å². The van der Waals surface area contributed by atoms with E-state index in [-0.39, 0.29) is 23.9 Å². The van der Waals surface area contributed by atoms with Crippen molar-refractivity contribution in [3.63, 3.8) is 0 Å². The first-order valence-electron chi connectivity index (χ1n) is 9.71. The molecular formula is C21H20N6O4. The predicted molar refractivity (Wildman–Crippen MR) is 114 cm³/mol. The first-order valence-corrected chi connectivity index (χ1v) is 9.71. The van der Waals surface area contributed by atoms with Gasteiger partial charge in [0.05, 0.1) is 4.92 Å². The van der Waals surface area contributed by atoms with Crippen molar-refractivity contribution in [1.29, 1.82) is 0 Å². The van der Waals surface area contributed by atoms with Gasteiger partial charge in [0.1, 0.15) is 12.1 Å². The molecule has 0 aliphatic carbocycles. The number of aryl methyl sites for hydroxylation is 1. The number of nitro groups is 1. The topological polar surface area (TPSA) is 123 Å². The average molecular weight is 420 g/mol. The standard InChI is InChI=1S/C21H20N6O4/c28-18(13-31-16-9-2-1-3-10-16)24-25-20-19(27(29)30)21(23-14-22-20)26-12-6-8-15-7-4-5-11-17(15)26/h1-5,7,9-11,14H,6,8,12-13H2,(H,24,28)(H,22,23,25). The second-order valence-corrected chi connectivity index (χ2v) is 6.81. The highest BCUT2D eigenvalue weighted by molar-refractivity contribution is 5.81. The molecule has 0 spiro atoms. The van der Waals surface area contributed by atoms with Gasteiger partial charge in [-0.2, -0.15) is 0 Å². The zero-order chi connectivity index (χ0) is 21.6. The number of hydrogen-bond acceptors (Lipinski definition) is 8. The molecule has 0 saturated heterocycles. The monoisotopic (exact) mass is 420 g/mol. The third-order valence-corrected chi connectivity index (χ3v) is 4.78. The molecular weight excluding hydrogens is 400 g/mol. The Bertz CT molecular complexity index is 1090. The summed E-state index contributed by atoms with van der Waals surface area (Å²) >= 11 is 0. The van der Waals surface area contributed by atoms with E-state index < -0.39 is 10.8 Å². The summed E-state index contributed by atoms with van der Waals surface area (Å²) in [5, 5.41) is 11.9. The molecule has 1 aromatic heterocycles. The normalized spacial score (nSPS) is 12.6. The van der Waals surface area contributed by atoms with Crippen LogP contribution < -0.4 is 20.5 Å². The number of carbonyl (C=O) groups excluding carboxylic acids is 1. The number of amides is 1. The van der Waals surface area contributed by atoms with Crippen LogP contribution in [0.4, 0.5) is 23.0 Å². The quantitative estimate of drug-likeness (QED) is 0.442. The molecule has 1 aliphatic heterocycles. The maximum Gasteiger partial charge on any atom is 0.355 e. The van der Waals surface area contributed by atoms with Crippen molar-refractivity contribution < 1.29 is 14.5 Å². The van der Waals surface area contributed by atoms with E-state index in [1.807, 2.05) is 35.2 Å². The van der Waals surface area contributed by atoms with Gasteiger partial charge in [0.15, 0.2) is 6.61 Å². The van der Waals surface area contributed by atoms with Crippen LogP contribution >= 0.6 is 0 Å². The first-order chi connectivity index (χ1) is 15.1. The fourth-order valence-corrected chi connectivity index (χ4v) is 3.41. The van der Waals surface area contributed by atoms with Crippen molar-refractivity contribution in [2.45, 2.75) is 12.8 Å². The van der Waals surface area contributed by atoms with Crippen LogP contribution in [0.25, 0.3) is 0 Å². The van der Waals surface area contributed by atoms with E-state index in [0.717, 1.165) is 24.1 Å². The van der Waals surface area contributed by atoms with Crippen LogP contribution in [-0.2, 0) is 11.2 Å². The SMILES string of the molecule is O=C(COc1ccccc1)NNc1ncnc(N2CCCc3ccccc32)c1[N+](=O)[O-]. The minimum absolute atomic E-state index is 0.105. The van der Waals surface area contributed by atoms with Crippen LogP contribution in [0.3, 0.4) is 0 Å². The molecule has 2 N–H and O–H groups in total. The fourth-order valence-electron chi connectivity index (χ4n) is 3.41. The van der Waals surface area contributed by atoms with Gasteiger partial charge in [-0.05, 0) is 36.6 Å². The molecule has 10 nitrogen and oxygen atoms in total. The van der Waals surface area contributed by atoms with Crippen LogP contribution in [0.1, 0.15) is 12.0 Å². The summed E-state index contributed by atoms with van der Waals surface area (Å²) in [6, 6.07) is 16.6. The Morgan fingerprint density at radius 2 is 1.90 bits per heavy atom. The highest BCUT2D eigenvalue weighted by Crippen LogP contribution is 2.39. The first kappa shape index (κ1) is 20.1. The lowest BCUT2D eigenvalue weighted by Crippen LogP contribution is -2.34. The smallest absolute Gasteiger partial charge is 0.355 e. The summed E-state index contributed by atoms with van der Waals surface area (Å²) in [7, 11) is 0. The molecule has 1 amide bonds. The highest BCUT2D eigenvalue weighted by Gasteiger charge is 2.30. The van der Waals surface area contributed by atoms with Gasteiger partial charge in [0.2, 0.25) is 11.6 Å². The van der Waals surface area contributed by atoms with Crippen molar-refractivity contribution >= 4 is 28.9 Å². The summed E-state index contributed by atoms with van der Waals surface area (Å²) in [5.41, 5.74) is 6.58. The van der Waals surface area contributed by atoms with Crippen molar-refractivity contribution in [1.82, 2.24) is 15.4 Å². The van der Waals surface area contributed by atoms with Crippen LogP contribution in [-0.4, -0.2) is 34.0 Å². The highest BCUT2D eigenvalue weighted by atomic mass is 16.6. The minimum atomic E-state index is -0.554. The number of anilines is 3. The Balaban J connectivity index is 1.52. The summed E-state index contributed by atoms with van der Waals surface area (Å²) in [4.78, 5) is 33.4. The molecule has 0 unspecified atom stereocenters. The van der Waals surface area contributed by atoms with Crippen molar-refractivity contribution in [3.05, 3.63) is 76.6 Å². The van der Waals surface area contributed by atoms with E-state index in [2.05, 4.69) is 20.8 Å². The zero-order valence-electron chi connectivity index (χ0n) is 16.5. The number of benzene rings is 2. The number of carbonyl (C=O) groups is 1. The van der Waals surface area contributed by atoms with Gasteiger partial charge in [-0.25, -0.2) is 9.97 Å². The predicted octanol–water partition coefficient (Wildman–Crippen LogP) is 2.99. The molecule has 31 heavy (non-hydrogen) atoms. The van der Waals surface area contributed by atoms with Gasteiger partial charge in [0, 0.05) is 12.2 Å². The largest absolute Gasteiger partial charge is 0.484 e. The van der Waals surface area contributed by atoms with E-state index >= 15 is 0 Å². The van der Waals surface area contributed by atoms with Crippen LogP contribution in [0.2, 0.25) is 0 Å². The third kappa shape index (κ3) is 4.53. The van der Waals surface area contributed by atoms with Crippen molar-refractivity contribution in [3.8, 4) is 5.75 Å². The fraction of sp³-hybridized carbons (Fsp3) is 0.190.